The Morgan fingerprint density at radius 3 is 2.14 bits per heavy atom. The first-order valence-corrected chi connectivity index (χ1v) is 14.8. The summed E-state index contributed by atoms with van der Waals surface area (Å²) in [5, 5.41) is 4.55. The molecule has 6 nitrogen and oxygen atoms in total. The highest BCUT2D eigenvalue weighted by Gasteiger charge is 2.28. The molecule has 0 spiro atoms. The number of likely N-dealkylation sites (tertiary alicyclic amines) is 1. The minimum absolute atomic E-state index is 0.106. The van der Waals surface area contributed by atoms with Gasteiger partial charge in [0.05, 0.1) is 17.3 Å². The first-order chi connectivity index (χ1) is 20.6. The monoisotopic (exact) mass is 556 g/mol. The molecule has 212 valence electrons. The third-order valence-corrected chi connectivity index (χ3v) is 8.48. The summed E-state index contributed by atoms with van der Waals surface area (Å²) in [6.07, 6.45) is 6.50. The maximum atomic E-state index is 14.3. The fraction of sp³-hybridized carbons (Fsp3) is 0.250. The number of nitrogens with one attached hydrogen (secondary N) is 1. The van der Waals surface area contributed by atoms with Gasteiger partial charge in [0.25, 0.3) is 11.5 Å². The van der Waals surface area contributed by atoms with E-state index < -0.39 is 0 Å². The zero-order valence-corrected chi connectivity index (χ0v) is 23.9. The molecule has 6 rings (SSSR count). The predicted molar refractivity (Wildman–Crippen MR) is 168 cm³/mol. The number of benzene rings is 3. The van der Waals surface area contributed by atoms with Gasteiger partial charge in [0, 0.05) is 35.4 Å². The van der Waals surface area contributed by atoms with Crippen LogP contribution >= 0.6 is 0 Å². The van der Waals surface area contributed by atoms with Crippen molar-refractivity contribution in [1.82, 2.24) is 19.8 Å². The molecular weight excluding hydrogens is 520 g/mol. The van der Waals surface area contributed by atoms with Crippen molar-refractivity contribution in [1.29, 1.82) is 0 Å². The Kier molecular flexibility index (Phi) is 8.24. The number of hydrogen-bond acceptors (Lipinski definition) is 4. The van der Waals surface area contributed by atoms with E-state index in [2.05, 4.69) is 34.3 Å². The highest BCUT2D eigenvalue weighted by atomic mass is 16.2. The van der Waals surface area contributed by atoms with Crippen molar-refractivity contribution in [2.75, 3.05) is 13.1 Å². The molecule has 5 aromatic rings. The van der Waals surface area contributed by atoms with Crippen LogP contribution < -0.4 is 10.9 Å². The average Bonchev–Trinajstić information content (AvgIpc) is 3.05. The largest absolute Gasteiger partial charge is 0.345 e. The van der Waals surface area contributed by atoms with Gasteiger partial charge in [-0.15, -0.1) is 0 Å². The molecule has 1 fully saturated rings. The molecule has 1 amide bonds. The fourth-order valence-electron chi connectivity index (χ4n) is 6.26. The number of carbonyl (C=O) groups excluding carboxylic acids is 1. The number of carbonyl (C=O) groups is 1. The Balaban J connectivity index is 1.43. The number of hydrogen-bond donors (Lipinski definition) is 1. The van der Waals surface area contributed by atoms with Crippen molar-refractivity contribution in [3.8, 4) is 5.69 Å². The Morgan fingerprint density at radius 2 is 1.48 bits per heavy atom. The van der Waals surface area contributed by atoms with Gasteiger partial charge in [-0.25, -0.2) is 0 Å². The number of fused-ring (bicyclic) bond motifs is 1. The minimum Gasteiger partial charge on any atom is -0.345 e. The molecule has 1 N–H and O–H groups in total. The second kappa shape index (κ2) is 12.5. The Labute approximate surface area is 246 Å². The molecule has 1 saturated heterocycles. The van der Waals surface area contributed by atoms with E-state index in [1.807, 2.05) is 97.3 Å². The first-order valence-electron chi connectivity index (χ1n) is 14.8. The van der Waals surface area contributed by atoms with E-state index in [-0.39, 0.29) is 17.5 Å². The lowest BCUT2D eigenvalue weighted by molar-refractivity contribution is 0.0933. The zero-order chi connectivity index (χ0) is 28.9. The van der Waals surface area contributed by atoms with Crippen LogP contribution in [0.5, 0.6) is 0 Å². The lowest BCUT2D eigenvalue weighted by Crippen LogP contribution is -2.38. The third-order valence-electron chi connectivity index (χ3n) is 8.48. The van der Waals surface area contributed by atoms with Crippen molar-refractivity contribution in [3.63, 3.8) is 0 Å². The molecule has 0 bridgehead atoms. The predicted octanol–water partition coefficient (Wildman–Crippen LogP) is 6.65. The topological polar surface area (TPSA) is 67.2 Å². The van der Waals surface area contributed by atoms with E-state index in [0.717, 1.165) is 49.3 Å². The number of nitrogens with zero attached hydrogens (tertiary/aromatic N) is 3. The molecule has 3 heterocycles. The summed E-state index contributed by atoms with van der Waals surface area (Å²) in [5.41, 5.74) is 4.34. The van der Waals surface area contributed by atoms with Crippen LogP contribution in [0.4, 0.5) is 0 Å². The molecule has 1 aliphatic rings. The number of amides is 1. The normalized spacial score (nSPS) is 15.0. The van der Waals surface area contributed by atoms with E-state index in [0.29, 0.717) is 28.8 Å². The number of piperidine rings is 1. The van der Waals surface area contributed by atoms with Gasteiger partial charge in [0.15, 0.2) is 0 Å². The van der Waals surface area contributed by atoms with Crippen LogP contribution in [-0.2, 0) is 6.54 Å². The molecule has 2 aromatic heterocycles. The number of para-hydroxylation sites is 1. The standard InChI is InChI=1S/C36H36N4O2/c1-2-32(28-11-5-3-6-12-28)38-35(41)34-30-15-9-10-16-31(30)36(42)40(29-13-7-4-8-14-29)33(34)25-39-23-19-27(20-24-39)26-17-21-37-22-18-26/h3-18,21-22,27,32H,2,19-20,23-25H2,1H3,(H,38,41)/t32-/m0/s1. The van der Waals surface area contributed by atoms with Crippen LogP contribution in [0.1, 0.15) is 65.3 Å². The van der Waals surface area contributed by atoms with Gasteiger partial charge in [-0.3, -0.25) is 24.0 Å². The Hall–Kier alpha value is -4.55. The molecule has 3 aromatic carbocycles. The number of pyridine rings is 2. The van der Waals surface area contributed by atoms with Gasteiger partial charge in [0.1, 0.15) is 0 Å². The van der Waals surface area contributed by atoms with Crippen LogP contribution in [0.2, 0.25) is 0 Å². The average molecular weight is 557 g/mol. The summed E-state index contributed by atoms with van der Waals surface area (Å²) in [6, 6.07) is 31.3. The van der Waals surface area contributed by atoms with Crippen LogP contribution in [-0.4, -0.2) is 33.4 Å². The molecule has 0 aliphatic carbocycles. The van der Waals surface area contributed by atoms with Gasteiger partial charge >= 0.3 is 0 Å². The zero-order valence-electron chi connectivity index (χ0n) is 23.9. The summed E-state index contributed by atoms with van der Waals surface area (Å²) in [5.74, 6) is 0.323. The van der Waals surface area contributed by atoms with Crippen LogP contribution in [0, 0.1) is 0 Å². The van der Waals surface area contributed by atoms with Crippen molar-refractivity contribution in [2.24, 2.45) is 0 Å². The molecule has 0 saturated carbocycles. The molecule has 6 heteroatoms. The number of aromatic nitrogens is 2. The Bertz CT molecular complexity index is 1710. The van der Waals surface area contributed by atoms with E-state index in [4.69, 9.17) is 0 Å². The summed E-state index contributed by atoms with van der Waals surface area (Å²) < 4.78 is 1.76. The van der Waals surface area contributed by atoms with E-state index in [1.54, 1.807) is 4.57 Å². The molecule has 42 heavy (non-hydrogen) atoms. The smallest absolute Gasteiger partial charge is 0.263 e. The highest BCUT2D eigenvalue weighted by molar-refractivity contribution is 6.08. The summed E-state index contributed by atoms with van der Waals surface area (Å²) >= 11 is 0. The molecule has 0 radical (unpaired) electrons. The summed E-state index contributed by atoms with van der Waals surface area (Å²) in [6.45, 7) is 4.34. The lowest BCUT2D eigenvalue weighted by Gasteiger charge is -2.33. The second-order valence-corrected chi connectivity index (χ2v) is 11.0. The fourth-order valence-corrected chi connectivity index (χ4v) is 6.26. The van der Waals surface area contributed by atoms with Gasteiger partial charge in [0.2, 0.25) is 0 Å². The third kappa shape index (κ3) is 5.63. The van der Waals surface area contributed by atoms with Crippen molar-refractivity contribution < 1.29 is 4.79 Å². The first kappa shape index (κ1) is 27.6. The summed E-state index contributed by atoms with van der Waals surface area (Å²) in [4.78, 5) is 35.0. The quantitative estimate of drug-likeness (QED) is 0.233. The molecule has 1 atom stereocenters. The van der Waals surface area contributed by atoms with Gasteiger partial charge in [-0.1, -0.05) is 73.7 Å². The van der Waals surface area contributed by atoms with E-state index in [9.17, 15) is 9.59 Å². The van der Waals surface area contributed by atoms with Gasteiger partial charge in [-0.05, 0) is 79.7 Å². The van der Waals surface area contributed by atoms with Crippen molar-refractivity contribution in [3.05, 3.63) is 142 Å². The van der Waals surface area contributed by atoms with Crippen molar-refractivity contribution in [2.45, 2.75) is 44.7 Å². The molecule has 0 unspecified atom stereocenters. The van der Waals surface area contributed by atoms with Crippen LogP contribution in [0.15, 0.2) is 114 Å². The van der Waals surface area contributed by atoms with Crippen LogP contribution in [0.3, 0.4) is 0 Å². The molecular formula is C36H36N4O2. The molecule has 1 aliphatic heterocycles. The van der Waals surface area contributed by atoms with Crippen molar-refractivity contribution >= 4 is 16.7 Å². The van der Waals surface area contributed by atoms with E-state index >= 15 is 0 Å². The lowest BCUT2D eigenvalue weighted by atomic mass is 9.90. The van der Waals surface area contributed by atoms with Crippen LogP contribution in [0.25, 0.3) is 16.5 Å². The van der Waals surface area contributed by atoms with Gasteiger partial charge < -0.3 is 5.32 Å². The summed E-state index contributed by atoms with van der Waals surface area (Å²) in [7, 11) is 0. The van der Waals surface area contributed by atoms with E-state index in [1.165, 1.54) is 5.56 Å². The highest BCUT2D eigenvalue weighted by Crippen LogP contribution is 2.30. The second-order valence-electron chi connectivity index (χ2n) is 11.0. The number of rotatable bonds is 8. The maximum Gasteiger partial charge on any atom is 0.263 e. The van der Waals surface area contributed by atoms with Gasteiger partial charge in [-0.2, -0.15) is 0 Å². The SMILES string of the molecule is CC[C@H](NC(=O)c1c(CN2CCC(c3ccncc3)CC2)n(-c2ccccc2)c(=O)c2ccccc12)c1ccccc1. The maximum absolute atomic E-state index is 14.3. The Morgan fingerprint density at radius 1 is 0.857 bits per heavy atom. The minimum atomic E-state index is -0.159.